The van der Waals surface area contributed by atoms with E-state index in [2.05, 4.69) is 12.0 Å². The lowest BCUT2D eigenvalue weighted by Gasteiger charge is -2.17. The Labute approximate surface area is 134 Å². The topological polar surface area (TPSA) is 27.1 Å². The third-order valence-electron chi connectivity index (χ3n) is 4.30. The molecule has 1 heterocycles. The molecule has 3 nitrogen and oxygen atoms in total. The standard InChI is InChI=1S/C16H18Cl2N2O/c1-4-12-10-7-9(8-13(10)20(2)19-12)15-14(21-3)6-5-11(17)16(15)18/h5-6,9H,4,7-8H2,1-3H3. The van der Waals surface area contributed by atoms with Crippen LogP contribution in [0.3, 0.4) is 0 Å². The van der Waals surface area contributed by atoms with Crippen molar-refractivity contribution in [3.8, 4) is 5.75 Å². The van der Waals surface area contributed by atoms with Crippen LogP contribution in [0.4, 0.5) is 0 Å². The minimum absolute atomic E-state index is 0.302. The maximum atomic E-state index is 6.45. The molecule has 0 aliphatic heterocycles. The van der Waals surface area contributed by atoms with Crippen molar-refractivity contribution in [1.29, 1.82) is 0 Å². The van der Waals surface area contributed by atoms with Crippen LogP contribution in [0.25, 0.3) is 0 Å². The van der Waals surface area contributed by atoms with Crippen LogP contribution in [0.5, 0.6) is 5.75 Å². The van der Waals surface area contributed by atoms with E-state index in [-0.39, 0.29) is 0 Å². The summed E-state index contributed by atoms with van der Waals surface area (Å²) in [5, 5.41) is 5.78. The van der Waals surface area contributed by atoms with Crippen LogP contribution in [0.1, 0.15) is 35.4 Å². The van der Waals surface area contributed by atoms with Crippen molar-refractivity contribution >= 4 is 23.2 Å². The van der Waals surface area contributed by atoms with Gasteiger partial charge in [0.25, 0.3) is 0 Å². The molecule has 5 heteroatoms. The lowest BCUT2D eigenvalue weighted by Crippen LogP contribution is -2.06. The van der Waals surface area contributed by atoms with Crippen LogP contribution in [0.2, 0.25) is 10.0 Å². The zero-order valence-corrected chi connectivity index (χ0v) is 13.9. The number of hydrogen-bond donors (Lipinski definition) is 0. The van der Waals surface area contributed by atoms with Gasteiger partial charge >= 0.3 is 0 Å². The Morgan fingerprint density at radius 3 is 2.76 bits per heavy atom. The molecule has 0 amide bonds. The van der Waals surface area contributed by atoms with Gasteiger partial charge in [0, 0.05) is 18.3 Å². The number of nitrogens with zero attached hydrogens (tertiary/aromatic N) is 2. The van der Waals surface area contributed by atoms with Crippen molar-refractivity contribution in [2.24, 2.45) is 7.05 Å². The number of fused-ring (bicyclic) bond motifs is 1. The summed E-state index contributed by atoms with van der Waals surface area (Å²) in [7, 11) is 3.68. The lowest BCUT2D eigenvalue weighted by atomic mass is 9.95. The summed E-state index contributed by atoms with van der Waals surface area (Å²) in [5.74, 6) is 1.11. The van der Waals surface area contributed by atoms with Gasteiger partial charge in [0.05, 0.1) is 22.8 Å². The van der Waals surface area contributed by atoms with Gasteiger partial charge in [0.15, 0.2) is 0 Å². The van der Waals surface area contributed by atoms with E-state index in [1.165, 1.54) is 17.0 Å². The predicted octanol–water partition coefficient (Wildman–Crippen LogP) is 4.18. The summed E-state index contributed by atoms with van der Waals surface area (Å²) >= 11 is 12.6. The van der Waals surface area contributed by atoms with Crippen LogP contribution < -0.4 is 4.74 Å². The van der Waals surface area contributed by atoms with E-state index in [9.17, 15) is 0 Å². The molecule has 21 heavy (non-hydrogen) atoms. The maximum absolute atomic E-state index is 6.45. The minimum Gasteiger partial charge on any atom is -0.496 e. The number of hydrogen-bond acceptors (Lipinski definition) is 2. The second kappa shape index (κ2) is 5.54. The number of halogens is 2. The molecule has 0 saturated carbocycles. The maximum Gasteiger partial charge on any atom is 0.123 e. The molecule has 3 rings (SSSR count). The van der Waals surface area contributed by atoms with Crippen molar-refractivity contribution in [1.82, 2.24) is 9.78 Å². The monoisotopic (exact) mass is 324 g/mol. The smallest absolute Gasteiger partial charge is 0.123 e. The van der Waals surface area contributed by atoms with Crippen molar-refractivity contribution in [2.75, 3.05) is 7.11 Å². The molecule has 1 unspecified atom stereocenters. The molecule has 1 aliphatic carbocycles. The first-order chi connectivity index (χ1) is 10.1. The van der Waals surface area contributed by atoms with Crippen LogP contribution in [-0.2, 0) is 26.3 Å². The molecule has 112 valence electrons. The lowest BCUT2D eigenvalue weighted by molar-refractivity contribution is 0.405. The highest BCUT2D eigenvalue weighted by atomic mass is 35.5. The molecule has 0 saturated heterocycles. The van der Waals surface area contributed by atoms with E-state index in [0.29, 0.717) is 16.0 Å². The van der Waals surface area contributed by atoms with Gasteiger partial charge in [-0.05, 0) is 42.9 Å². The highest BCUT2D eigenvalue weighted by Gasteiger charge is 2.32. The number of methoxy groups -OCH3 is 1. The molecule has 0 spiro atoms. The van der Waals surface area contributed by atoms with E-state index in [0.717, 1.165) is 30.6 Å². The fraction of sp³-hybridized carbons (Fsp3) is 0.438. The Morgan fingerprint density at radius 1 is 1.33 bits per heavy atom. The van der Waals surface area contributed by atoms with Gasteiger partial charge in [-0.3, -0.25) is 4.68 Å². The van der Waals surface area contributed by atoms with Crippen LogP contribution in [0, 0.1) is 0 Å². The van der Waals surface area contributed by atoms with Crippen molar-refractivity contribution in [3.05, 3.63) is 44.7 Å². The zero-order chi connectivity index (χ0) is 15.1. The summed E-state index contributed by atoms with van der Waals surface area (Å²) < 4.78 is 7.49. The van der Waals surface area contributed by atoms with Gasteiger partial charge in [-0.1, -0.05) is 30.1 Å². The Hall–Kier alpha value is -1.19. The average molecular weight is 325 g/mol. The molecule has 1 aromatic carbocycles. The van der Waals surface area contributed by atoms with Gasteiger partial charge in [0.1, 0.15) is 5.75 Å². The summed E-state index contributed by atoms with van der Waals surface area (Å²) in [6.45, 7) is 2.14. The van der Waals surface area contributed by atoms with E-state index in [4.69, 9.17) is 27.9 Å². The highest BCUT2D eigenvalue weighted by Crippen LogP contribution is 2.44. The second-order valence-electron chi connectivity index (χ2n) is 5.43. The predicted molar refractivity (Wildman–Crippen MR) is 85.7 cm³/mol. The highest BCUT2D eigenvalue weighted by molar-refractivity contribution is 6.42. The fourth-order valence-electron chi connectivity index (χ4n) is 3.30. The normalized spacial score (nSPS) is 17.1. The van der Waals surface area contributed by atoms with Gasteiger partial charge in [-0.2, -0.15) is 5.10 Å². The third-order valence-corrected chi connectivity index (χ3v) is 5.12. The third kappa shape index (κ3) is 2.33. The summed E-state index contributed by atoms with van der Waals surface area (Å²) in [6, 6.07) is 3.68. The Balaban J connectivity index is 2.03. The van der Waals surface area contributed by atoms with E-state index < -0.39 is 0 Å². The Bertz CT molecular complexity index is 694. The number of aryl methyl sites for hydroxylation is 2. The zero-order valence-electron chi connectivity index (χ0n) is 12.4. The summed E-state index contributed by atoms with van der Waals surface area (Å²) in [5.41, 5.74) is 4.87. The largest absolute Gasteiger partial charge is 0.496 e. The number of ether oxygens (including phenoxy) is 1. The van der Waals surface area contributed by atoms with Crippen LogP contribution in [-0.4, -0.2) is 16.9 Å². The van der Waals surface area contributed by atoms with Crippen molar-refractivity contribution in [2.45, 2.75) is 32.1 Å². The van der Waals surface area contributed by atoms with Crippen LogP contribution in [0.15, 0.2) is 12.1 Å². The summed E-state index contributed by atoms with van der Waals surface area (Å²) in [4.78, 5) is 0. The van der Waals surface area contributed by atoms with Gasteiger partial charge in [-0.25, -0.2) is 0 Å². The first kappa shape index (κ1) is 14.7. The molecule has 0 N–H and O–H groups in total. The summed E-state index contributed by atoms with van der Waals surface area (Å²) in [6.07, 6.45) is 2.83. The molecule has 1 atom stereocenters. The second-order valence-corrected chi connectivity index (χ2v) is 6.22. The van der Waals surface area contributed by atoms with E-state index >= 15 is 0 Å². The van der Waals surface area contributed by atoms with Gasteiger partial charge in [-0.15, -0.1) is 0 Å². The molecule has 1 aliphatic rings. The minimum atomic E-state index is 0.302. The Kier molecular flexibility index (Phi) is 3.89. The molecule has 2 aromatic rings. The molecular formula is C16H18Cl2N2O. The van der Waals surface area contributed by atoms with Crippen molar-refractivity contribution < 1.29 is 4.74 Å². The van der Waals surface area contributed by atoms with E-state index in [1.54, 1.807) is 13.2 Å². The number of aromatic nitrogens is 2. The molecule has 0 bridgehead atoms. The van der Waals surface area contributed by atoms with Gasteiger partial charge < -0.3 is 4.74 Å². The first-order valence-electron chi connectivity index (χ1n) is 7.12. The molecule has 0 fully saturated rings. The SMILES string of the molecule is CCc1nn(C)c2c1CC(c1c(OC)ccc(Cl)c1Cl)C2. The van der Waals surface area contributed by atoms with E-state index in [1.807, 2.05) is 17.8 Å². The van der Waals surface area contributed by atoms with Crippen LogP contribution >= 0.6 is 23.2 Å². The number of rotatable bonds is 3. The van der Waals surface area contributed by atoms with Gasteiger partial charge in [0.2, 0.25) is 0 Å². The van der Waals surface area contributed by atoms with Crippen molar-refractivity contribution in [3.63, 3.8) is 0 Å². The fourth-order valence-corrected chi connectivity index (χ4v) is 3.78. The molecular weight excluding hydrogens is 307 g/mol. The average Bonchev–Trinajstić information content (AvgIpc) is 3.02. The Morgan fingerprint density at radius 2 is 2.10 bits per heavy atom. The number of benzene rings is 1. The molecule has 1 aromatic heterocycles. The first-order valence-corrected chi connectivity index (χ1v) is 7.87. The molecule has 0 radical (unpaired) electrons. The quantitative estimate of drug-likeness (QED) is 0.846.